The summed E-state index contributed by atoms with van der Waals surface area (Å²) in [6, 6.07) is 1.52. The van der Waals surface area contributed by atoms with Gasteiger partial charge in [-0.3, -0.25) is 4.98 Å². The predicted octanol–water partition coefficient (Wildman–Crippen LogP) is 2.76. The topological polar surface area (TPSA) is 103 Å². The normalized spacial score (nSPS) is 16.8. The molecule has 1 amide bonds. The van der Waals surface area contributed by atoms with Gasteiger partial charge in [0.1, 0.15) is 11.0 Å². The summed E-state index contributed by atoms with van der Waals surface area (Å²) in [5.41, 5.74) is 6.98. The van der Waals surface area contributed by atoms with Gasteiger partial charge in [0.25, 0.3) is 0 Å². The number of carbonyl (C=O) groups excluding carboxylic acids is 1. The average Bonchev–Trinajstić information content (AvgIpc) is 2.51. The molecule has 7 nitrogen and oxygen atoms in total. The van der Waals surface area contributed by atoms with Gasteiger partial charge in [-0.15, -0.1) is 0 Å². The third-order valence-electron chi connectivity index (χ3n) is 3.82. The first-order chi connectivity index (χ1) is 11.9. The highest BCUT2D eigenvalue weighted by atomic mass is 35.5. The molecule has 0 aliphatic carbocycles. The lowest BCUT2D eigenvalue weighted by atomic mass is 10.0. The quantitative estimate of drug-likeness (QED) is 0.835. The van der Waals surface area contributed by atoms with Crippen LogP contribution in [0.4, 0.5) is 4.79 Å². The van der Waals surface area contributed by atoms with Gasteiger partial charge < -0.3 is 15.4 Å². The minimum absolute atomic E-state index is 0.332. The summed E-state index contributed by atoms with van der Waals surface area (Å²) in [7, 11) is -3.44. The van der Waals surface area contributed by atoms with Crippen molar-refractivity contribution in [3.05, 3.63) is 34.6 Å². The van der Waals surface area contributed by atoms with Crippen molar-refractivity contribution in [2.45, 2.75) is 38.2 Å². The Morgan fingerprint density at radius 1 is 1.42 bits per heavy atom. The van der Waals surface area contributed by atoms with E-state index in [1.165, 1.54) is 12.3 Å². The molecular formula is C17H24ClN3O4S. The van der Waals surface area contributed by atoms with Crippen molar-refractivity contribution in [1.82, 2.24) is 9.88 Å². The highest BCUT2D eigenvalue weighted by molar-refractivity contribution is 7.90. The van der Waals surface area contributed by atoms with Gasteiger partial charge in [0.15, 0.2) is 9.84 Å². The Kier molecular flexibility index (Phi) is 5.99. The molecule has 0 radical (unpaired) electrons. The molecule has 0 bridgehead atoms. The van der Waals surface area contributed by atoms with E-state index in [1.807, 2.05) is 26.8 Å². The minimum atomic E-state index is -3.44. The van der Waals surface area contributed by atoms with Crippen LogP contribution in [0.1, 0.15) is 43.8 Å². The number of nitrogens with two attached hydrogens (primary N) is 1. The van der Waals surface area contributed by atoms with Crippen LogP contribution in [-0.4, -0.2) is 49.3 Å². The SMILES string of the molecule is CC(C)(C)OC(=O)N1CC=C(c2ncc(C(N)S(C)(=O)=O)cc2Cl)CC1. The van der Waals surface area contributed by atoms with Crippen LogP contribution in [0, 0.1) is 0 Å². The second kappa shape index (κ2) is 7.54. The first kappa shape index (κ1) is 20.7. The lowest BCUT2D eigenvalue weighted by molar-refractivity contribution is 0.0270. The van der Waals surface area contributed by atoms with Gasteiger partial charge >= 0.3 is 6.09 Å². The molecule has 1 aromatic rings. The van der Waals surface area contributed by atoms with Gasteiger partial charge in [0, 0.05) is 31.1 Å². The van der Waals surface area contributed by atoms with Crippen LogP contribution in [0.15, 0.2) is 18.3 Å². The van der Waals surface area contributed by atoms with Crippen LogP contribution in [0.2, 0.25) is 5.02 Å². The lowest BCUT2D eigenvalue weighted by Gasteiger charge is -2.29. The lowest BCUT2D eigenvalue weighted by Crippen LogP contribution is -2.39. The fraction of sp³-hybridized carbons (Fsp3) is 0.529. The van der Waals surface area contributed by atoms with Crippen LogP contribution < -0.4 is 5.73 Å². The van der Waals surface area contributed by atoms with Crippen LogP contribution in [-0.2, 0) is 14.6 Å². The molecule has 0 aromatic carbocycles. The number of sulfone groups is 1. The van der Waals surface area contributed by atoms with Crippen LogP contribution in [0.5, 0.6) is 0 Å². The van der Waals surface area contributed by atoms with Crippen molar-refractivity contribution >= 4 is 33.1 Å². The summed E-state index contributed by atoms with van der Waals surface area (Å²) in [6.45, 7) is 6.35. The van der Waals surface area contributed by atoms with Crippen molar-refractivity contribution in [2.24, 2.45) is 5.73 Å². The predicted molar refractivity (Wildman–Crippen MR) is 101 cm³/mol. The third-order valence-corrected chi connectivity index (χ3v) is 5.30. The van der Waals surface area contributed by atoms with Gasteiger partial charge in [-0.25, -0.2) is 13.2 Å². The number of rotatable bonds is 3. The number of nitrogens with zero attached hydrogens (tertiary/aromatic N) is 2. The van der Waals surface area contributed by atoms with E-state index in [-0.39, 0.29) is 6.09 Å². The van der Waals surface area contributed by atoms with Crippen molar-refractivity contribution in [2.75, 3.05) is 19.3 Å². The van der Waals surface area contributed by atoms with E-state index in [4.69, 9.17) is 22.1 Å². The molecule has 0 saturated carbocycles. The minimum Gasteiger partial charge on any atom is -0.444 e. The van der Waals surface area contributed by atoms with E-state index < -0.39 is 20.8 Å². The molecule has 0 saturated heterocycles. The fourth-order valence-corrected chi connectivity index (χ4v) is 3.39. The number of amides is 1. The molecule has 0 fully saturated rings. The van der Waals surface area contributed by atoms with Crippen molar-refractivity contribution in [3.63, 3.8) is 0 Å². The van der Waals surface area contributed by atoms with Crippen molar-refractivity contribution in [3.8, 4) is 0 Å². The van der Waals surface area contributed by atoms with Crippen molar-refractivity contribution < 1.29 is 17.9 Å². The third kappa shape index (κ3) is 5.18. The smallest absolute Gasteiger partial charge is 0.410 e. The zero-order chi connectivity index (χ0) is 19.7. The summed E-state index contributed by atoms with van der Waals surface area (Å²) in [5, 5.41) is -0.830. The number of aromatic nitrogens is 1. The molecule has 1 aliphatic rings. The highest BCUT2D eigenvalue weighted by Crippen LogP contribution is 2.29. The number of carbonyl (C=O) groups is 1. The van der Waals surface area contributed by atoms with E-state index in [0.717, 1.165) is 11.8 Å². The summed E-state index contributed by atoms with van der Waals surface area (Å²) in [4.78, 5) is 18.0. The monoisotopic (exact) mass is 401 g/mol. The maximum Gasteiger partial charge on any atom is 0.410 e. The Balaban J connectivity index is 2.14. The Bertz CT molecular complexity index is 831. The molecule has 2 rings (SSSR count). The number of ether oxygens (including phenoxy) is 1. The number of hydrogen-bond donors (Lipinski definition) is 1. The Hall–Kier alpha value is -1.64. The Labute approximate surface area is 159 Å². The molecule has 2 N–H and O–H groups in total. The van der Waals surface area contributed by atoms with E-state index >= 15 is 0 Å². The number of halogens is 1. The highest BCUT2D eigenvalue weighted by Gasteiger charge is 2.25. The Morgan fingerprint density at radius 2 is 2.08 bits per heavy atom. The second-order valence-electron chi connectivity index (χ2n) is 7.25. The summed E-state index contributed by atoms with van der Waals surface area (Å²) >= 11 is 6.28. The molecular weight excluding hydrogens is 378 g/mol. The standard InChI is InChI=1S/C17H24ClN3O4S/c1-17(2,3)25-16(22)21-7-5-11(6-8-21)14-13(18)9-12(10-20-14)15(19)26(4,23)24/h5,9-10,15H,6-8,19H2,1-4H3. The molecule has 9 heteroatoms. The maximum absolute atomic E-state index is 12.1. The summed E-state index contributed by atoms with van der Waals surface area (Å²) in [5.74, 6) is 0. The first-order valence-electron chi connectivity index (χ1n) is 8.16. The number of pyridine rings is 1. The van der Waals surface area contributed by atoms with Crippen LogP contribution in [0.25, 0.3) is 5.57 Å². The maximum atomic E-state index is 12.1. The largest absolute Gasteiger partial charge is 0.444 e. The molecule has 2 heterocycles. The zero-order valence-electron chi connectivity index (χ0n) is 15.3. The average molecular weight is 402 g/mol. The summed E-state index contributed by atoms with van der Waals surface area (Å²) in [6.07, 6.45) is 4.57. The second-order valence-corrected chi connectivity index (χ2v) is 9.83. The zero-order valence-corrected chi connectivity index (χ0v) is 16.9. The molecule has 144 valence electrons. The van der Waals surface area contributed by atoms with Crippen molar-refractivity contribution in [1.29, 1.82) is 0 Å². The molecule has 1 atom stereocenters. The van der Waals surface area contributed by atoms with Gasteiger partial charge in [0.05, 0.1) is 10.7 Å². The van der Waals surface area contributed by atoms with Gasteiger partial charge in [-0.2, -0.15) is 0 Å². The van der Waals surface area contributed by atoms with E-state index in [0.29, 0.717) is 35.8 Å². The molecule has 26 heavy (non-hydrogen) atoms. The fourth-order valence-electron chi connectivity index (χ4n) is 2.47. The van der Waals surface area contributed by atoms with Gasteiger partial charge in [-0.1, -0.05) is 17.7 Å². The summed E-state index contributed by atoms with van der Waals surface area (Å²) < 4.78 is 28.5. The van der Waals surface area contributed by atoms with Gasteiger partial charge in [-0.05, 0) is 38.8 Å². The number of hydrogen-bond acceptors (Lipinski definition) is 6. The van der Waals surface area contributed by atoms with E-state index in [1.54, 1.807) is 4.90 Å². The van der Waals surface area contributed by atoms with Crippen LogP contribution >= 0.6 is 11.6 Å². The molecule has 1 aromatic heterocycles. The first-order valence-corrected chi connectivity index (χ1v) is 10.5. The molecule has 0 spiro atoms. The molecule has 1 aliphatic heterocycles. The van der Waals surface area contributed by atoms with E-state index in [2.05, 4.69) is 4.98 Å². The molecule has 1 unspecified atom stereocenters. The van der Waals surface area contributed by atoms with Gasteiger partial charge in [0.2, 0.25) is 0 Å². The van der Waals surface area contributed by atoms with E-state index in [9.17, 15) is 13.2 Å². The Morgan fingerprint density at radius 3 is 2.54 bits per heavy atom. The van der Waals surface area contributed by atoms with Crippen LogP contribution in [0.3, 0.4) is 0 Å².